The summed E-state index contributed by atoms with van der Waals surface area (Å²) in [5.74, 6) is -1.52. The molecule has 0 spiro atoms. The molecule has 1 aliphatic heterocycles. The summed E-state index contributed by atoms with van der Waals surface area (Å²) in [6.07, 6.45) is 1.98. The zero-order valence-corrected chi connectivity index (χ0v) is 19.4. The highest BCUT2D eigenvalue weighted by molar-refractivity contribution is 7.89. The van der Waals surface area contributed by atoms with Crippen LogP contribution in [0.4, 0.5) is 15.9 Å². The summed E-state index contributed by atoms with van der Waals surface area (Å²) in [5, 5.41) is 0. The van der Waals surface area contributed by atoms with Gasteiger partial charge in [-0.15, -0.1) is 0 Å². The first-order chi connectivity index (χ1) is 15.6. The third-order valence-electron chi connectivity index (χ3n) is 5.87. The smallest absolute Gasteiger partial charge is 0.330 e. The summed E-state index contributed by atoms with van der Waals surface area (Å²) in [6, 6.07) is 4.58. The topological polar surface area (TPSA) is 139 Å². The van der Waals surface area contributed by atoms with E-state index in [2.05, 4.69) is 4.98 Å². The van der Waals surface area contributed by atoms with Crippen LogP contribution >= 0.6 is 0 Å². The van der Waals surface area contributed by atoms with Gasteiger partial charge in [0.05, 0.1) is 4.90 Å². The third kappa shape index (κ3) is 5.01. The summed E-state index contributed by atoms with van der Waals surface area (Å²) < 4.78 is 41.2. The zero-order chi connectivity index (χ0) is 24.3. The second kappa shape index (κ2) is 9.87. The minimum atomic E-state index is -3.80. The van der Waals surface area contributed by atoms with Crippen molar-refractivity contribution in [2.45, 2.75) is 44.0 Å². The van der Waals surface area contributed by atoms with E-state index < -0.39 is 33.0 Å². The van der Waals surface area contributed by atoms with Crippen molar-refractivity contribution in [3.05, 3.63) is 50.9 Å². The number of unbranched alkanes of at least 4 members (excludes halogenated alkanes) is 1. The molecule has 10 nitrogen and oxygen atoms in total. The van der Waals surface area contributed by atoms with Gasteiger partial charge in [0.2, 0.25) is 15.9 Å². The van der Waals surface area contributed by atoms with Crippen LogP contribution in [0.25, 0.3) is 0 Å². The molecule has 0 radical (unpaired) electrons. The lowest BCUT2D eigenvalue weighted by Crippen LogP contribution is -2.45. The first-order valence-electron chi connectivity index (χ1n) is 10.7. The molecule has 1 aliphatic rings. The van der Waals surface area contributed by atoms with Crippen LogP contribution in [0.1, 0.15) is 32.6 Å². The highest BCUT2D eigenvalue weighted by Crippen LogP contribution is 2.27. The minimum absolute atomic E-state index is 0.0144. The fourth-order valence-corrected chi connectivity index (χ4v) is 5.39. The maximum Gasteiger partial charge on any atom is 0.330 e. The van der Waals surface area contributed by atoms with E-state index in [-0.39, 0.29) is 48.2 Å². The number of rotatable bonds is 7. The Kier molecular flexibility index (Phi) is 7.38. The molecule has 2 aromatic rings. The Balaban J connectivity index is 1.75. The number of aromatic nitrogens is 2. The number of nitrogens with one attached hydrogen (secondary N) is 1. The van der Waals surface area contributed by atoms with E-state index in [1.165, 1.54) is 28.1 Å². The molecule has 0 unspecified atom stereocenters. The van der Waals surface area contributed by atoms with Crippen LogP contribution in [0.5, 0.6) is 0 Å². The van der Waals surface area contributed by atoms with E-state index in [1.54, 1.807) is 0 Å². The lowest BCUT2D eigenvalue weighted by Gasteiger charge is -2.32. The van der Waals surface area contributed by atoms with Gasteiger partial charge in [0.25, 0.3) is 5.56 Å². The van der Waals surface area contributed by atoms with Crippen molar-refractivity contribution in [1.82, 2.24) is 13.9 Å². The highest BCUT2D eigenvalue weighted by atomic mass is 32.2. The maximum absolute atomic E-state index is 13.1. The number of halogens is 1. The zero-order valence-electron chi connectivity index (χ0n) is 18.6. The molecule has 180 valence electrons. The number of amides is 1. The molecular weight excluding hydrogens is 453 g/mol. The number of H-pyrrole nitrogens is 1. The molecule has 0 saturated carbocycles. The van der Waals surface area contributed by atoms with Gasteiger partial charge in [-0.05, 0) is 43.5 Å². The summed E-state index contributed by atoms with van der Waals surface area (Å²) in [6.45, 7) is 2.47. The molecule has 1 aromatic heterocycles. The van der Waals surface area contributed by atoms with Gasteiger partial charge in [-0.25, -0.2) is 17.6 Å². The van der Waals surface area contributed by atoms with E-state index in [1.807, 2.05) is 6.92 Å². The van der Waals surface area contributed by atoms with Crippen molar-refractivity contribution in [2.75, 3.05) is 30.8 Å². The molecule has 33 heavy (non-hydrogen) atoms. The summed E-state index contributed by atoms with van der Waals surface area (Å²) >= 11 is 0. The molecule has 1 fully saturated rings. The van der Waals surface area contributed by atoms with Crippen molar-refractivity contribution >= 4 is 27.4 Å². The van der Waals surface area contributed by atoms with Crippen LogP contribution in [-0.4, -0.2) is 48.3 Å². The number of nitrogens with two attached hydrogens (primary N) is 1. The van der Waals surface area contributed by atoms with Crippen molar-refractivity contribution in [3.63, 3.8) is 0 Å². The van der Waals surface area contributed by atoms with Gasteiger partial charge in [0.15, 0.2) is 5.69 Å². The van der Waals surface area contributed by atoms with Gasteiger partial charge in [0.1, 0.15) is 11.6 Å². The van der Waals surface area contributed by atoms with E-state index in [0.717, 1.165) is 23.5 Å². The number of benzene rings is 1. The Labute approximate surface area is 190 Å². The number of sulfonamides is 1. The van der Waals surface area contributed by atoms with Gasteiger partial charge in [0, 0.05) is 32.6 Å². The van der Waals surface area contributed by atoms with Crippen LogP contribution in [0, 0.1) is 11.7 Å². The summed E-state index contributed by atoms with van der Waals surface area (Å²) in [4.78, 5) is 41.0. The number of aromatic amines is 1. The number of carbonyl (C=O) groups excluding carboxylic acids is 1. The van der Waals surface area contributed by atoms with Gasteiger partial charge < -0.3 is 10.6 Å². The number of hydrogen-bond acceptors (Lipinski definition) is 6. The normalized spacial score (nSPS) is 15.5. The number of carbonyl (C=O) groups is 1. The first-order valence-corrected chi connectivity index (χ1v) is 12.2. The van der Waals surface area contributed by atoms with Crippen molar-refractivity contribution < 1.29 is 17.6 Å². The Bertz CT molecular complexity index is 1230. The molecular formula is C21H28FN5O5S. The predicted molar refractivity (Wildman–Crippen MR) is 122 cm³/mol. The SMILES string of the molecule is CCCCn1c(N)c(N(C)C(=O)C2CCN(S(=O)(=O)c3ccc(F)cc3)CC2)c(=O)[nH]c1=O. The van der Waals surface area contributed by atoms with E-state index in [9.17, 15) is 27.2 Å². The summed E-state index contributed by atoms with van der Waals surface area (Å²) in [5.41, 5.74) is 4.60. The predicted octanol–water partition coefficient (Wildman–Crippen LogP) is 1.12. The quantitative estimate of drug-likeness (QED) is 0.608. The molecule has 3 rings (SSSR count). The fraction of sp³-hybridized carbons (Fsp3) is 0.476. The number of nitrogen functional groups attached to an aromatic ring is 1. The molecule has 0 aliphatic carbocycles. The number of hydrogen-bond donors (Lipinski definition) is 2. The molecule has 1 aromatic carbocycles. The van der Waals surface area contributed by atoms with Crippen LogP contribution in [0.3, 0.4) is 0 Å². The largest absolute Gasteiger partial charge is 0.383 e. The van der Waals surface area contributed by atoms with Crippen molar-refractivity contribution in [1.29, 1.82) is 0 Å². The molecule has 1 saturated heterocycles. The average Bonchev–Trinajstić information content (AvgIpc) is 2.78. The lowest BCUT2D eigenvalue weighted by molar-refractivity contribution is -0.123. The molecule has 0 bridgehead atoms. The third-order valence-corrected chi connectivity index (χ3v) is 7.78. The Morgan fingerprint density at radius 3 is 2.39 bits per heavy atom. The Hall–Kier alpha value is -2.99. The van der Waals surface area contributed by atoms with Crippen molar-refractivity contribution in [2.24, 2.45) is 5.92 Å². The molecule has 0 atom stereocenters. The molecule has 2 heterocycles. The van der Waals surface area contributed by atoms with Crippen LogP contribution in [-0.2, 0) is 21.4 Å². The second-order valence-electron chi connectivity index (χ2n) is 8.03. The van der Waals surface area contributed by atoms with Crippen LogP contribution in [0.15, 0.2) is 38.8 Å². The Morgan fingerprint density at radius 2 is 1.82 bits per heavy atom. The fourth-order valence-electron chi connectivity index (χ4n) is 3.92. The average molecular weight is 482 g/mol. The second-order valence-corrected chi connectivity index (χ2v) is 9.97. The van der Waals surface area contributed by atoms with Gasteiger partial charge in [-0.1, -0.05) is 13.3 Å². The molecule has 3 N–H and O–H groups in total. The molecule has 1 amide bonds. The van der Waals surface area contributed by atoms with E-state index in [0.29, 0.717) is 13.0 Å². The lowest BCUT2D eigenvalue weighted by atomic mass is 9.96. The summed E-state index contributed by atoms with van der Waals surface area (Å²) in [7, 11) is -2.39. The van der Waals surface area contributed by atoms with Gasteiger partial charge in [-0.3, -0.25) is 19.1 Å². The van der Waals surface area contributed by atoms with Crippen molar-refractivity contribution in [3.8, 4) is 0 Å². The highest BCUT2D eigenvalue weighted by Gasteiger charge is 2.34. The van der Waals surface area contributed by atoms with Gasteiger partial charge >= 0.3 is 5.69 Å². The van der Waals surface area contributed by atoms with Crippen LogP contribution in [0.2, 0.25) is 0 Å². The number of nitrogens with zero attached hydrogens (tertiary/aromatic N) is 3. The standard InChI is InChI=1S/C21H28FN5O5S/c1-3-4-11-27-18(23)17(19(28)24-21(27)30)25(2)20(29)14-9-12-26(13-10-14)33(31,32)16-7-5-15(22)6-8-16/h5-8,14H,3-4,9-13,23H2,1-2H3,(H,24,28,30). The monoisotopic (exact) mass is 481 g/mol. The molecule has 12 heteroatoms. The van der Waals surface area contributed by atoms with Gasteiger partial charge in [-0.2, -0.15) is 4.31 Å². The minimum Gasteiger partial charge on any atom is -0.383 e. The Morgan fingerprint density at radius 1 is 1.21 bits per heavy atom. The number of anilines is 2. The first kappa shape index (κ1) is 24.6. The maximum atomic E-state index is 13.1. The van der Waals surface area contributed by atoms with E-state index in [4.69, 9.17) is 5.73 Å². The van der Waals surface area contributed by atoms with E-state index >= 15 is 0 Å². The van der Waals surface area contributed by atoms with Crippen LogP contribution < -0.4 is 21.9 Å². The number of piperidine rings is 1.